The highest BCUT2D eigenvalue weighted by molar-refractivity contribution is 6.30. The van der Waals surface area contributed by atoms with Gasteiger partial charge >= 0.3 is 0 Å². The standard InChI is InChI=1S/C14H22ClN3/c1-3-5-11-7-8-18(9-11)14-12(6-4-2)13(15)16-10-17-14/h10-11H,3-9H2,1-2H3. The van der Waals surface area contributed by atoms with Crippen LogP contribution in [0.15, 0.2) is 6.33 Å². The second-order valence-corrected chi connectivity index (χ2v) is 5.46. The maximum absolute atomic E-state index is 6.21. The summed E-state index contributed by atoms with van der Waals surface area (Å²) < 4.78 is 0. The molecule has 1 aromatic heterocycles. The summed E-state index contributed by atoms with van der Waals surface area (Å²) in [6.07, 6.45) is 7.49. The molecule has 4 heteroatoms. The monoisotopic (exact) mass is 267 g/mol. The van der Waals surface area contributed by atoms with Crippen LogP contribution >= 0.6 is 11.6 Å². The zero-order valence-corrected chi connectivity index (χ0v) is 12.1. The minimum atomic E-state index is 0.626. The summed E-state index contributed by atoms with van der Waals surface area (Å²) in [5.74, 6) is 1.88. The molecular formula is C14H22ClN3. The van der Waals surface area contributed by atoms with Crippen molar-refractivity contribution in [2.24, 2.45) is 5.92 Å². The molecule has 0 bridgehead atoms. The fourth-order valence-corrected chi connectivity index (χ4v) is 3.01. The first kappa shape index (κ1) is 13.6. The van der Waals surface area contributed by atoms with Gasteiger partial charge in [-0.15, -0.1) is 0 Å². The van der Waals surface area contributed by atoms with Gasteiger partial charge < -0.3 is 4.90 Å². The molecule has 1 atom stereocenters. The fraction of sp³-hybridized carbons (Fsp3) is 0.714. The lowest BCUT2D eigenvalue weighted by molar-refractivity contribution is 0.529. The Labute approximate surface area is 115 Å². The average molecular weight is 268 g/mol. The molecule has 0 saturated carbocycles. The van der Waals surface area contributed by atoms with Gasteiger partial charge in [0.1, 0.15) is 17.3 Å². The number of aromatic nitrogens is 2. The summed E-state index contributed by atoms with van der Waals surface area (Å²) in [5.41, 5.74) is 1.12. The van der Waals surface area contributed by atoms with Crippen LogP contribution in [0.1, 0.15) is 45.1 Å². The molecule has 1 unspecified atom stereocenters. The summed E-state index contributed by atoms with van der Waals surface area (Å²) in [7, 11) is 0. The minimum Gasteiger partial charge on any atom is -0.356 e. The Morgan fingerprint density at radius 1 is 1.33 bits per heavy atom. The minimum absolute atomic E-state index is 0.626. The van der Waals surface area contributed by atoms with Crippen molar-refractivity contribution < 1.29 is 0 Å². The Hall–Kier alpha value is -0.830. The topological polar surface area (TPSA) is 29.0 Å². The molecule has 0 radical (unpaired) electrons. The van der Waals surface area contributed by atoms with Gasteiger partial charge in [0.05, 0.1) is 0 Å². The van der Waals surface area contributed by atoms with Gasteiger partial charge in [0, 0.05) is 18.7 Å². The van der Waals surface area contributed by atoms with E-state index in [0.717, 1.165) is 43.2 Å². The van der Waals surface area contributed by atoms with Crippen LogP contribution in [0.3, 0.4) is 0 Å². The second-order valence-electron chi connectivity index (χ2n) is 5.11. The molecule has 1 aromatic rings. The zero-order valence-electron chi connectivity index (χ0n) is 11.3. The smallest absolute Gasteiger partial charge is 0.137 e. The first-order chi connectivity index (χ1) is 8.76. The van der Waals surface area contributed by atoms with E-state index in [4.69, 9.17) is 11.6 Å². The maximum atomic E-state index is 6.21. The van der Waals surface area contributed by atoms with Gasteiger partial charge in [-0.3, -0.25) is 0 Å². The molecule has 3 nitrogen and oxygen atoms in total. The van der Waals surface area contributed by atoms with E-state index in [0.29, 0.717) is 5.15 Å². The van der Waals surface area contributed by atoms with Crippen LogP contribution in [-0.4, -0.2) is 23.1 Å². The maximum Gasteiger partial charge on any atom is 0.137 e. The molecule has 2 heterocycles. The molecule has 100 valence electrons. The van der Waals surface area contributed by atoms with E-state index in [9.17, 15) is 0 Å². The first-order valence-electron chi connectivity index (χ1n) is 7.00. The van der Waals surface area contributed by atoms with Crippen molar-refractivity contribution >= 4 is 17.4 Å². The number of hydrogen-bond donors (Lipinski definition) is 0. The molecule has 2 rings (SSSR count). The van der Waals surface area contributed by atoms with E-state index in [2.05, 4.69) is 28.7 Å². The zero-order chi connectivity index (χ0) is 13.0. The van der Waals surface area contributed by atoms with Crippen LogP contribution in [0.25, 0.3) is 0 Å². The molecule has 0 spiro atoms. The molecular weight excluding hydrogens is 246 g/mol. The molecule has 1 aliphatic rings. The van der Waals surface area contributed by atoms with Gasteiger partial charge in [-0.1, -0.05) is 38.3 Å². The lowest BCUT2D eigenvalue weighted by Crippen LogP contribution is -2.22. The van der Waals surface area contributed by atoms with Gasteiger partial charge in [0.25, 0.3) is 0 Å². The largest absolute Gasteiger partial charge is 0.356 e. The molecule has 18 heavy (non-hydrogen) atoms. The summed E-state index contributed by atoms with van der Waals surface area (Å²) in [4.78, 5) is 11.0. The first-order valence-corrected chi connectivity index (χ1v) is 7.38. The second kappa shape index (κ2) is 6.37. The third-order valence-corrected chi connectivity index (χ3v) is 3.98. The Morgan fingerprint density at radius 2 is 2.17 bits per heavy atom. The van der Waals surface area contributed by atoms with E-state index in [1.54, 1.807) is 6.33 Å². The van der Waals surface area contributed by atoms with Crippen LogP contribution in [0.5, 0.6) is 0 Å². The fourth-order valence-electron chi connectivity index (χ4n) is 2.79. The van der Waals surface area contributed by atoms with Crippen LogP contribution < -0.4 is 4.90 Å². The molecule has 1 aliphatic heterocycles. The quantitative estimate of drug-likeness (QED) is 0.762. The van der Waals surface area contributed by atoms with Crippen LogP contribution in [0.2, 0.25) is 5.15 Å². The summed E-state index contributed by atoms with van der Waals surface area (Å²) in [6.45, 7) is 6.65. The van der Waals surface area contributed by atoms with E-state index in [1.807, 2.05) is 0 Å². The third-order valence-electron chi connectivity index (χ3n) is 3.65. The Kier molecular flexibility index (Phi) is 4.81. The van der Waals surface area contributed by atoms with Crippen molar-refractivity contribution in [1.82, 2.24) is 9.97 Å². The lowest BCUT2D eigenvalue weighted by atomic mass is 10.0. The van der Waals surface area contributed by atoms with Crippen molar-refractivity contribution in [2.75, 3.05) is 18.0 Å². The molecule has 0 N–H and O–H groups in total. The van der Waals surface area contributed by atoms with Gasteiger partial charge in [-0.25, -0.2) is 9.97 Å². The SMILES string of the molecule is CCCc1c(Cl)ncnc1N1CCC(CCC)C1. The molecule has 1 fully saturated rings. The van der Waals surface area contributed by atoms with Crippen molar-refractivity contribution in [2.45, 2.75) is 46.0 Å². The highest BCUT2D eigenvalue weighted by atomic mass is 35.5. The highest BCUT2D eigenvalue weighted by Crippen LogP contribution is 2.30. The van der Waals surface area contributed by atoms with Crippen LogP contribution in [0, 0.1) is 5.92 Å². The number of anilines is 1. The molecule has 0 aromatic carbocycles. The van der Waals surface area contributed by atoms with Gasteiger partial charge in [-0.05, 0) is 25.2 Å². The Morgan fingerprint density at radius 3 is 2.89 bits per heavy atom. The van der Waals surface area contributed by atoms with Gasteiger partial charge in [0.2, 0.25) is 0 Å². The highest BCUT2D eigenvalue weighted by Gasteiger charge is 2.25. The van der Waals surface area contributed by atoms with Crippen molar-refractivity contribution in [3.8, 4) is 0 Å². The number of rotatable bonds is 5. The van der Waals surface area contributed by atoms with Crippen LogP contribution in [-0.2, 0) is 6.42 Å². The average Bonchev–Trinajstić information content (AvgIpc) is 2.81. The van der Waals surface area contributed by atoms with Crippen molar-refractivity contribution in [3.05, 3.63) is 17.0 Å². The van der Waals surface area contributed by atoms with E-state index in [1.165, 1.54) is 19.3 Å². The summed E-state index contributed by atoms with van der Waals surface area (Å²) in [6, 6.07) is 0. The molecule has 0 amide bonds. The number of nitrogens with zero attached hydrogens (tertiary/aromatic N) is 3. The molecule has 1 saturated heterocycles. The van der Waals surface area contributed by atoms with Crippen LogP contribution in [0.4, 0.5) is 5.82 Å². The van der Waals surface area contributed by atoms with E-state index >= 15 is 0 Å². The van der Waals surface area contributed by atoms with Crippen molar-refractivity contribution in [3.63, 3.8) is 0 Å². The van der Waals surface area contributed by atoms with E-state index < -0.39 is 0 Å². The van der Waals surface area contributed by atoms with Gasteiger partial charge in [0.15, 0.2) is 0 Å². The number of halogens is 1. The predicted octanol–water partition coefficient (Wildman–Crippen LogP) is 3.71. The lowest BCUT2D eigenvalue weighted by Gasteiger charge is -2.20. The normalized spacial score (nSPS) is 19.5. The summed E-state index contributed by atoms with van der Waals surface area (Å²) in [5, 5.41) is 0.626. The van der Waals surface area contributed by atoms with Crippen molar-refractivity contribution in [1.29, 1.82) is 0 Å². The molecule has 0 aliphatic carbocycles. The van der Waals surface area contributed by atoms with E-state index in [-0.39, 0.29) is 0 Å². The number of hydrogen-bond acceptors (Lipinski definition) is 3. The van der Waals surface area contributed by atoms with Gasteiger partial charge in [-0.2, -0.15) is 0 Å². The third kappa shape index (κ3) is 2.94. The predicted molar refractivity (Wildman–Crippen MR) is 76.3 cm³/mol. The Bertz CT molecular complexity index is 395. The Balaban J connectivity index is 2.16. The summed E-state index contributed by atoms with van der Waals surface area (Å²) >= 11 is 6.21.